The van der Waals surface area contributed by atoms with Gasteiger partial charge in [0.1, 0.15) is 0 Å². The minimum absolute atomic E-state index is 0.248. The van der Waals surface area contributed by atoms with E-state index in [0.717, 1.165) is 13.1 Å². The van der Waals surface area contributed by atoms with Crippen molar-refractivity contribution in [2.75, 3.05) is 13.1 Å². The lowest BCUT2D eigenvalue weighted by atomic mass is 9.94. The van der Waals surface area contributed by atoms with Crippen LogP contribution in [0, 0.1) is 5.41 Å². The summed E-state index contributed by atoms with van der Waals surface area (Å²) in [7, 11) is 0. The monoisotopic (exact) mass is 353 g/mol. The first kappa shape index (κ1) is 24.5. The van der Waals surface area contributed by atoms with Gasteiger partial charge in [0, 0.05) is 18.5 Å². The molecule has 0 radical (unpaired) electrons. The fraction of sp³-hybridized carbons (Fsp3) is 0.957. The van der Waals surface area contributed by atoms with Gasteiger partial charge in [-0.25, -0.2) is 0 Å². The van der Waals surface area contributed by atoms with E-state index in [2.05, 4.69) is 39.5 Å². The number of hydrogen-bond acceptors (Lipinski definition) is 1. The van der Waals surface area contributed by atoms with Crippen molar-refractivity contribution in [2.45, 2.75) is 125 Å². The van der Waals surface area contributed by atoms with Crippen LogP contribution in [0.5, 0.6) is 0 Å². The molecule has 0 rings (SSSR count). The van der Waals surface area contributed by atoms with Crippen LogP contribution in [0.25, 0.3) is 0 Å². The Bertz CT molecular complexity index is 288. The van der Waals surface area contributed by atoms with Gasteiger partial charge in [0.2, 0.25) is 5.91 Å². The van der Waals surface area contributed by atoms with E-state index in [1.807, 2.05) is 0 Å². The second-order valence-electron chi connectivity index (χ2n) is 8.78. The van der Waals surface area contributed by atoms with Gasteiger partial charge in [-0.1, -0.05) is 112 Å². The first-order valence-electron chi connectivity index (χ1n) is 11.2. The molecule has 0 aliphatic carbocycles. The molecule has 2 nitrogen and oxygen atoms in total. The van der Waals surface area contributed by atoms with Gasteiger partial charge in [0.05, 0.1) is 0 Å². The molecule has 0 heterocycles. The Kier molecular flexibility index (Phi) is 15.4. The van der Waals surface area contributed by atoms with Gasteiger partial charge in [-0.05, 0) is 12.8 Å². The van der Waals surface area contributed by atoms with Crippen molar-refractivity contribution in [3.05, 3.63) is 0 Å². The number of carbonyl (C=O) groups is 1. The highest BCUT2D eigenvalue weighted by Gasteiger charge is 2.26. The summed E-state index contributed by atoms with van der Waals surface area (Å²) in [6, 6.07) is 0. The molecule has 0 fully saturated rings. The fourth-order valence-electron chi connectivity index (χ4n) is 3.31. The van der Waals surface area contributed by atoms with E-state index >= 15 is 0 Å². The van der Waals surface area contributed by atoms with E-state index in [-0.39, 0.29) is 5.41 Å². The summed E-state index contributed by atoms with van der Waals surface area (Å²) < 4.78 is 0. The van der Waals surface area contributed by atoms with Crippen molar-refractivity contribution in [1.29, 1.82) is 0 Å². The van der Waals surface area contributed by atoms with E-state index < -0.39 is 0 Å². The predicted octanol–water partition coefficient (Wildman–Crippen LogP) is 7.36. The minimum Gasteiger partial charge on any atom is -0.342 e. The molecule has 2 heteroatoms. The van der Waals surface area contributed by atoms with Crippen molar-refractivity contribution in [2.24, 2.45) is 5.41 Å². The number of nitrogens with zero attached hydrogens (tertiary/aromatic N) is 1. The van der Waals surface area contributed by atoms with Crippen molar-refractivity contribution in [3.8, 4) is 0 Å². The zero-order chi connectivity index (χ0) is 19.0. The SMILES string of the molecule is CCCCCCCCCN(CCCCCCCCC)C(=O)C(C)(C)C. The summed E-state index contributed by atoms with van der Waals surface area (Å²) in [5.41, 5.74) is -0.248. The number of rotatable bonds is 16. The molecule has 0 spiro atoms. The number of carbonyl (C=O) groups excluding carboxylic acids is 1. The van der Waals surface area contributed by atoms with Crippen molar-refractivity contribution < 1.29 is 4.79 Å². The van der Waals surface area contributed by atoms with Crippen LogP contribution in [0.2, 0.25) is 0 Å². The number of unbranched alkanes of at least 4 members (excludes halogenated alkanes) is 12. The van der Waals surface area contributed by atoms with Crippen LogP contribution in [0.15, 0.2) is 0 Å². The molecule has 0 bridgehead atoms. The Morgan fingerprint density at radius 2 is 0.920 bits per heavy atom. The maximum atomic E-state index is 12.7. The maximum Gasteiger partial charge on any atom is 0.227 e. The van der Waals surface area contributed by atoms with Gasteiger partial charge in [-0.2, -0.15) is 0 Å². The Balaban J connectivity index is 4.02. The molecule has 0 aromatic heterocycles. The Labute approximate surface area is 159 Å². The molecule has 0 aromatic carbocycles. The van der Waals surface area contributed by atoms with Crippen LogP contribution in [0.4, 0.5) is 0 Å². The standard InChI is InChI=1S/C23H47NO/c1-6-8-10-12-14-16-18-20-24(22(25)23(3,4)5)21-19-17-15-13-11-9-7-2/h6-21H2,1-5H3. The van der Waals surface area contributed by atoms with Crippen molar-refractivity contribution in [3.63, 3.8) is 0 Å². The quantitative estimate of drug-likeness (QED) is 0.265. The van der Waals surface area contributed by atoms with Gasteiger partial charge in [0.15, 0.2) is 0 Å². The molecule has 25 heavy (non-hydrogen) atoms. The highest BCUT2D eigenvalue weighted by molar-refractivity contribution is 5.81. The highest BCUT2D eigenvalue weighted by Crippen LogP contribution is 2.19. The predicted molar refractivity (Wildman–Crippen MR) is 112 cm³/mol. The van der Waals surface area contributed by atoms with Gasteiger partial charge in [0.25, 0.3) is 0 Å². The van der Waals surface area contributed by atoms with Crippen LogP contribution >= 0.6 is 0 Å². The zero-order valence-corrected chi connectivity index (χ0v) is 18.2. The van der Waals surface area contributed by atoms with Crippen LogP contribution in [0.1, 0.15) is 125 Å². The summed E-state index contributed by atoms with van der Waals surface area (Å²) >= 11 is 0. The molecule has 0 aliphatic rings. The summed E-state index contributed by atoms with van der Waals surface area (Å²) in [5, 5.41) is 0. The van der Waals surface area contributed by atoms with E-state index in [0.29, 0.717) is 5.91 Å². The molecule has 0 atom stereocenters. The number of hydrogen-bond donors (Lipinski definition) is 0. The largest absolute Gasteiger partial charge is 0.342 e. The molecule has 0 saturated carbocycles. The average molecular weight is 354 g/mol. The average Bonchev–Trinajstić information content (AvgIpc) is 2.57. The second kappa shape index (κ2) is 15.7. The third-order valence-corrected chi connectivity index (χ3v) is 4.99. The van der Waals surface area contributed by atoms with E-state index in [1.165, 1.54) is 89.9 Å². The summed E-state index contributed by atoms with van der Waals surface area (Å²) in [4.78, 5) is 14.9. The molecule has 150 valence electrons. The lowest BCUT2D eigenvalue weighted by Gasteiger charge is -2.29. The van der Waals surface area contributed by atoms with Gasteiger partial charge < -0.3 is 4.90 Å². The van der Waals surface area contributed by atoms with Crippen LogP contribution in [-0.4, -0.2) is 23.9 Å². The molecular weight excluding hydrogens is 306 g/mol. The third kappa shape index (κ3) is 14.3. The molecule has 0 unspecified atom stereocenters. The first-order chi connectivity index (χ1) is 11.9. The molecular formula is C23H47NO. The lowest BCUT2D eigenvalue weighted by molar-refractivity contribution is -0.139. The normalized spacial score (nSPS) is 11.7. The van der Waals surface area contributed by atoms with Crippen molar-refractivity contribution >= 4 is 5.91 Å². The highest BCUT2D eigenvalue weighted by atomic mass is 16.2. The Hall–Kier alpha value is -0.530. The van der Waals surface area contributed by atoms with Gasteiger partial charge >= 0.3 is 0 Å². The smallest absolute Gasteiger partial charge is 0.227 e. The topological polar surface area (TPSA) is 20.3 Å². The molecule has 0 saturated heterocycles. The molecule has 0 N–H and O–H groups in total. The van der Waals surface area contributed by atoms with Crippen LogP contribution in [0.3, 0.4) is 0 Å². The summed E-state index contributed by atoms with van der Waals surface area (Å²) in [6.45, 7) is 12.6. The minimum atomic E-state index is -0.248. The van der Waals surface area contributed by atoms with E-state index in [4.69, 9.17) is 0 Å². The van der Waals surface area contributed by atoms with Crippen LogP contribution < -0.4 is 0 Å². The van der Waals surface area contributed by atoms with E-state index in [9.17, 15) is 4.79 Å². The zero-order valence-electron chi connectivity index (χ0n) is 18.2. The Morgan fingerprint density at radius 1 is 0.600 bits per heavy atom. The van der Waals surface area contributed by atoms with Gasteiger partial charge in [-0.15, -0.1) is 0 Å². The molecule has 0 aliphatic heterocycles. The van der Waals surface area contributed by atoms with Gasteiger partial charge in [-0.3, -0.25) is 4.79 Å². The molecule has 1 amide bonds. The summed E-state index contributed by atoms with van der Waals surface area (Å²) in [5.74, 6) is 0.337. The Morgan fingerprint density at radius 3 is 1.24 bits per heavy atom. The van der Waals surface area contributed by atoms with E-state index in [1.54, 1.807) is 0 Å². The number of amides is 1. The fourth-order valence-corrected chi connectivity index (χ4v) is 3.31. The molecule has 0 aromatic rings. The third-order valence-electron chi connectivity index (χ3n) is 4.99. The lowest BCUT2D eigenvalue weighted by Crippen LogP contribution is -2.40. The van der Waals surface area contributed by atoms with Crippen molar-refractivity contribution in [1.82, 2.24) is 4.90 Å². The van der Waals surface area contributed by atoms with Crippen LogP contribution in [-0.2, 0) is 4.79 Å². The summed E-state index contributed by atoms with van der Waals surface area (Å²) in [6.07, 6.45) is 18.4. The second-order valence-corrected chi connectivity index (χ2v) is 8.78. The first-order valence-corrected chi connectivity index (χ1v) is 11.2. The maximum absolute atomic E-state index is 12.7.